The standard InChI is InChI=1S/C13H17N3O3/c1-9(17)16-7-5-10(6-8-16)14-13(19)11-3-2-4-12(18)15-11/h2-4,10H,5-8H2,1H3,(H,14,19)(H,15,18). The first-order valence-electron chi connectivity index (χ1n) is 6.32. The predicted octanol–water partition coefficient (Wildman–Crippen LogP) is 0.116. The van der Waals surface area contributed by atoms with Crippen LogP contribution in [0.2, 0.25) is 0 Å². The molecule has 0 bridgehead atoms. The van der Waals surface area contributed by atoms with Gasteiger partial charge in [-0.3, -0.25) is 14.4 Å². The largest absolute Gasteiger partial charge is 0.348 e. The summed E-state index contributed by atoms with van der Waals surface area (Å²) < 4.78 is 0. The van der Waals surface area contributed by atoms with Crippen LogP contribution >= 0.6 is 0 Å². The summed E-state index contributed by atoms with van der Waals surface area (Å²) in [5, 5.41) is 2.87. The van der Waals surface area contributed by atoms with Crippen LogP contribution in [0.4, 0.5) is 0 Å². The molecule has 0 radical (unpaired) electrons. The summed E-state index contributed by atoms with van der Waals surface area (Å²) in [6, 6.07) is 4.53. The molecule has 0 spiro atoms. The molecule has 1 aromatic heterocycles. The van der Waals surface area contributed by atoms with Crippen molar-refractivity contribution in [3.8, 4) is 0 Å². The topological polar surface area (TPSA) is 82.3 Å². The molecule has 1 fully saturated rings. The molecular weight excluding hydrogens is 246 g/mol. The summed E-state index contributed by atoms with van der Waals surface area (Å²) in [6.45, 7) is 2.87. The van der Waals surface area contributed by atoms with Gasteiger partial charge in [0.05, 0.1) is 0 Å². The third-order valence-electron chi connectivity index (χ3n) is 3.29. The lowest BCUT2D eigenvalue weighted by Crippen LogP contribution is -2.46. The van der Waals surface area contributed by atoms with Crippen LogP contribution in [0.1, 0.15) is 30.3 Å². The average Bonchev–Trinajstić information content (AvgIpc) is 2.39. The summed E-state index contributed by atoms with van der Waals surface area (Å²) in [7, 11) is 0. The molecule has 0 aliphatic carbocycles. The molecule has 2 amide bonds. The lowest BCUT2D eigenvalue weighted by Gasteiger charge is -2.31. The molecule has 0 aromatic carbocycles. The van der Waals surface area contributed by atoms with Crippen molar-refractivity contribution >= 4 is 11.8 Å². The van der Waals surface area contributed by atoms with E-state index in [-0.39, 0.29) is 29.1 Å². The number of nitrogens with one attached hydrogen (secondary N) is 2. The maximum atomic E-state index is 11.9. The molecule has 2 N–H and O–H groups in total. The maximum Gasteiger partial charge on any atom is 0.268 e. The second-order valence-electron chi connectivity index (χ2n) is 4.68. The van der Waals surface area contributed by atoms with Gasteiger partial charge < -0.3 is 15.2 Å². The summed E-state index contributed by atoms with van der Waals surface area (Å²) in [5.74, 6) is -0.212. The summed E-state index contributed by atoms with van der Waals surface area (Å²) in [6.07, 6.45) is 1.48. The highest BCUT2D eigenvalue weighted by Gasteiger charge is 2.22. The highest BCUT2D eigenvalue weighted by atomic mass is 16.2. The van der Waals surface area contributed by atoms with E-state index in [1.807, 2.05) is 0 Å². The van der Waals surface area contributed by atoms with Gasteiger partial charge in [0, 0.05) is 32.1 Å². The number of hydrogen-bond donors (Lipinski definition) is 2. The molecule has 6 heteroatoms. The molecule has 102 valence electrons. The fraction of sp³-hybridized carbons (Fsp3) is 0.462. The van der Waals surface area contributed by atoms with Crippen molar-refractivity contribution < 1.29 is 9.59 Å². The predicted molar refractivity (Wildman–Crippen MR) is 69.8 cm³/mol. The number of amides is 2. The second-order valence-corrected chi connectivity index (χ2v) is 4.68. The lowest BCUT2D eigenvalue weighted by atomic mass is 10.0. The van der Waals surface area contributed by atoms with Gasteiger partial charge in [0.1, 0.15) is 5.69 Å². The van der Waals surface area contributed by atoms with E-state index >= 15 is 0 Å². The number of carbonyl (C=O) groups is 2. The second kappa shape index (κ2) is 5.69. The fourth-order valence-corrected chi connectivity index (χ4v) is 2.18. The number of nitrogens with zero attached hydrogens (tertiary/aromatic N) is 1. The van der Waals surface area contributed by atoms with Gasteiger partial charge in [-0.1, -0.05) is 6.07 Å². The van der Waals surface area contributed by atoms with Gasteiger partial charge in [-0.2, -0.15) is 0 Å². The Balaban J connectivity index is 1.91. The van der Waals surface area contributed by atoms with E-state index in [2.05, 4.69) is 10.3 Å². The molecule has 1 aliphatic heterocycles. The molecule has 1 saturated heterocycles. The third-order valence-corrected chi connectivity index (χ3v) is 3.29. The molecule has 6 nitrogen and oxygen atoms in total. The zero-order chi connectivity index (χ0) is 13.8. The molecule has 19 heavy (non-hydrogen) atoms. The van der Waals surface area contributed by atoms with Crippen LogP contribution in [0.5, 0.6) is 0 Å². The van der Waals surface area contributed by atoms with E-state index in [1.54, 1.807) is 24.0 Å². The Morgan fingerprint density at radius 3 is 2.58 bits per heavy atom. The van der Waals surface area contributed by atoms with Crippen LogP contribution in [-0.4, -0.2) is 40.8 Å². The van der Waals surface area contributed by atoms with Gasteiger partial charge in [-0.05, 0) is 18.9 Å². The molecule has 0 atom stereocenters. The van der Waals surface area contributed by atoms with Gasteiger partial charge in [-0.15, -0.1) is 0 Å². The van der Waals surface area contributed by atoms with Crippen LogP contribution < -0.4 is 10.9 Å². The van der Waals surface area contributed by atoms with Crippen LogP contribution in [0.3, 0.4) is 0 Å². The normalized spacial score (nSPS) is 16.2. The average molecular weight is 263 g/mol. The first-order chi connectivity index (χ1) is 9.06. The lowest BCUT2D eigenvalue weighted by molar-refractivity contribution is -0.129. The molecule has 2 heterocycles. The molecule has 1 aliphatic rings. The monoisotopic (exact) mass is 263 g/mol. The zero-order valence-electron chi connectivity index (χ0n) is 10.8. The van der Waals surface area contributed by atoms with Gasteiger partial charge >= 0.3 is 0 Å². The molecule has 2 rings (SSSR count). The van der Waals surface area contributed by atoms with Crippen molar-refractivity contribution in [2.45, 2.75) is 25.8 Å². The quantitative estimate of drug-likeness (QED) is 0.795. The van der Waals surface area contributed by atoms with E-state index in [0.717, 1.165) is 12.8 Å². The number of carbonyl (C=O) groups excluding carboxylic acids is 2. The Kier molecular flexibility index (Phi) is 3.99. The van der Waals surface area contributed by atoms with Crippen molar-refractivity contribution in [3.63, 3.8) is 0 Å². The van der Waals surface area contributed by atoms with E-state index in [0.29, 0.717) is 13.1 Å². The van der Waals surface area contributed by atoms with Crippen LogP contribution in [-0.2, 0) is 4.79 Å². The van der Waals surface area contributed by atoms with Crippen molar-refractivity contribution in [1.82, 2.24) is 15.2 Å². The highest BCUT2D eigenvalue weighted by Crippen LogP contribution is 2.10. The smallest absolute Gasteiger partial charge is 0.268 e. The maximum absolute atomic E-state index is 11.9. The Morgan fingerprint density at radius 2 is 2.00 bits per heavy atom. The highest BCUT2D eigenvalue weighted by molar-refractivity contribution is 5.92. The summed E-state index contributed by atoms with van der Waals surface area (Å²) >= 11 is 0. The number of pyridine rings is 1. The number of hydrogen-bond acceptors (Lipinski definition) is 3. The first-order valence-corrected chi connectivity index (χ1v) is 6.32. The van der Waals surface area contributed by atoms with E-state index in [1.165, 1.54) is 6.07 Å². The summed E-state index contributed by atoms with van der Waals surface area (Å²) in [5.41, 5.74) is -0.0273. The molecule has 0 unspecified atom stereocenters. The van der Waals surface area contributed by atoms with Crippen molar-refractivity contribution in [2.75, 3.05) is 13.1 Å². The number of H-pyrrole nitrogens is 1. The number of piperidine rings is 1. The third kappa shape index (κ3) is 3.43. The molecule has 0 saturated carbocycles. The molecule has 1 aromatic rings. The number of rotatable bonds is 2. The Labute approximate surface area is 110 Å². The SMILES string of the molecule is CC(=O)N1CCC(NC(=O)c2cccc(=O)[nH]2)CC1. The Hall–Kier alpha value is -2.11. The Morgan fingerprint density at radius 1 is 1.32 bits per heavy atom. The van der Waals surface area contributed by atoms with Crippen LogP contribution in [0, 0.1) is 0 Å². The van der Waals surface area contributed by atoms with Crippen molar-refractivity contribution in [1.29, 1.82) is 0 Å². The minimum absolute atomic E-state index is 0.0480. The van der Waals surface area contributed by atoms with Crippen molar-refractivity contribution in [3.05, 3.63) is 34.2 Å². The van der Waals surface area contributed by atoms with E-state index < -0.39 is 0 Å². The minimum atomic E-state index is -0.293. The molecular formula is C13H17N3O3. The van der Waals surface area contributed by atoms with E-state index in [4.69, 9.17) is 0 Å². The number of aromatic nitrogens is 1. The van der Waals surface area contributed by atoms with Gasteiger partial charge in [0.15, 0.2) is 0 Å². The van der Waals surface area contributed by atoms with Crippen molar-refractivity contribution in [2.24, 2.45) is 0 Å². The number of likely N-dealkylation sites (tertiary alicyclic amines) is 1. The van der Waals surface area contributed by atoms with E-state index in [9.17, 15) is 14.4 Å². The Bertz CT molecular complexity index is 530. The van der Waals surface area contributed by atoms with Gasteiger partial charge in [0.25, 0.3) is 5.91 Å². The first kappa shape index (κ1) is 13.3. The van der Waals surface area contributed by atoms with Crippen LogP contribution in [0.15, 0.2) is 23.0 Å². The van der Waals surface area contributed by atoms with Gasteiger partial charge in [-0.25, -0.2) is 0 Å². The van der Waals surface area contributed by atoms with Gasteiger partial charge in [0.2, 0.25) is 11.5 Å². The number of aromatic amines is 1. The zero-order valence-corrected chi connectivity index (χ0v) is 10.8. The minimum Gasteiger partial charge on any atom is -0.348 e. The fourth-order valence-electron chi connectivity index (χ4n) is 2.18. The van der Waals surface area contributed by atoms with Crippen LogP contribution in [0.25, 0.3) is 0 Å². The summed E-state index contributed by atoms with van der Waals surface area (Å²) in [4.78, 5) is 38.5.